The lowest BCUT2D eigenvalue weighted by Gasteiger charge is -2.10. The average Bonchev–Trinajstić information content (AvgIpc) is 3.03. The highest BCUT2D eigenvalue weighted by atomic mass is 32.2. The summed E-state index contributed by atoms with van der Waals surface area (Å²) < 4.78 is 55.1. The Morgan fingerprint density at radius 2 is 1.96 bits per heavy atom. The number of hydrogen-bond acceptors (Lipinski definition) is 6. The molecule has 0 saturated carbocycles. The molecule has 0 unspecified atom stereocenters. The van der Waals surface area contributed by atoms with Gasteiger partial charge in [-0.2, -0.15) is 4.68 Å². The number of thioether (sulfide) groups is 1. The van der Waals surface area contributed by atoms with Crippen LogP contribution in [0.15, 0.2) is 52.5 Å². The Kier molecular flexibility index (Phi) is 4.68. The number of anilines is 1. The lowest BCUT2D eigenvalue weighted by atomic mass is 10.3. The van der Waals surface area contributed by atoms with Gasteiger partial charge in [-0.3, -0.25) is 4.72 Å². The fraction of sp³-hybridized carbons (Fsp3) is 0.0714. The summed E-state index contributed by atoms with van der Waals surface area (Å²) in [5.41, 5.74) is 0.706. The van der Waals surface area contributed by atoms with Crippen LogP contribution in [-0.2, 0) is 10.0 Å². The number of aromatic nitrogens is 4. The number of tetrazole rings is 1. The monoisotopic (exact) mass is 383 g/mol. The normalized spacial score (nSPS) is 11.5. The summed E-state index contributed by atoms with van der Waals surface area (Å²) in [4.78, 5) is -0.647. The molecule has 0 amide bonds. The van der Waals surface area contributed by atoms with Crippen LogP contribution in [0.25, 0.3) is 5.69 Å². The third-order valence-electron chi connectivity index (χ3n) is 3.15. The van der Waals surface area contributed by atoms with Crippen LogP contribution in [0.5, 0.6) is 0 Å². The second kappa shape index (κ2) is 6.76. The summed E-state index contributed by atoms with van der Waals surface area (Å²) in [5, 5.41) is 11.7. The maximum absolute atomic E-state index is 13.8. The number of benzene rings is 2. The Bertz CT molecular complexity index is 1020. The smallest absolute Gasteiger partial charge is 0.264 e. The molecule has 1 heterocycles. The molecule has 0 spiro atoms. The molecular weight excluding hydrogens is 372 g/mol. The van der Waals surface area contributed by atoms with Crippen LogP contribution < -0.4 is 4.72 Å². The average molecular weight is 383 g/mol. The lowest BCUT2D eigenvalue weighted by molar-refractivity contribution is 0.551. The highest BCUT2D eigenvalue weighted by molar-refractivity contribution is 7.98. The summed E-state index contributed by atoms with van der Waals surface area (Å²) in [6.45, 7) is 0. The van der Waals surface area contributed by atoms with Crippen LogP contribution in [0.1, 0.15) is 0 Å². The lowest BCUT2D eigenvalue weighted by Crippen LogP contribution is -2.15. The van der Waals surface area contributed by atoms with Gasteiger partial charge in [0.15, 0.2) is 0 Å². The first-order valence-electron chi connectivity index (χ1n) is 6.81. The fourth-order valence-electron chi connectivity index (χ4n) is 2.07. The predicted octanol–water partition coefficient (Wildman–Crippen LogP) is 2.46. The van der Waals surface area contributed by atoms with Crippen LogP contribution in [0.3, 0.4) is 0 Å². The maximum atomic E-state index is 13.8. The van der Waals surface area contributed by atoms with Crippen LogP contribution in [-0.4, -0.2) is 34.9 Å². The van der Waals surface area contributed by atoms with Gasteiger partial charge in [-0.05, 0) is 47.0 Å². The van der Waals surface area contributed by atoms with E-state index in [1.54, 1.807) is 18.4 Å². The number of nitrogens with zero attached hydrogens (tertiary/aromatic N) is 4. The molecule has 3 aromatic rings. The van der Waals surface area contributed by atoms with Gasteiger partial charge in [-0.25, -0.2) is 17.2 Å². The zero-order chi connectivity index (χ0) is 18.0. The first kappa shape index (κ1) is 17.3. The Morgan fingerprint density at radius 1 is 1.16 bits per heavy atom. The number of rotatable bonds is 5. The van der Waals surface area contributed by atoms with Gasteiger partial charge in [0.1, 0.15) is 16.5 Å². The summed E-state index contributed by atoms with van der Waals surface area (Å²) in [6.07, 6.45) is 1.80. The van der Waals surface area contributed by atoms with E-state index in [0.29, 0.717) is 16.9 Å². The zero-order valence-corrected chi connectivity index (χ0v) is 14.4. The third kappa shape index (κ3) is 3.61. The van der Waals surface area contributed by atoms with Crippen molar-refractivity contribution in [3.63, 3.8) is 0 Å². The first-order valence-corrected chi connectivity index (χ1v) is 9.52. The van der Waals surface area contributed by atoms with E-state index in [1.807, 2.05) is 0 Å². The highest BCUT2D eigenvalue weighted by Crippen LogP contribution is 2.22. The van der Waals surface area contributed by atoms with Crippen molar-refractivity contribution in [2.45, 2.75) is 10.1 Å². The zero-order valence-electron chi connectivity index (χ0n) is 12.7. The molecule has 11 heteroatoms. The van der Waals surface area contributed by atoms with Crippen molar-refractivity contribution in [2.75, 3.05) is 11.0 Å². The molecular formula is C14H11F2N5O2S2. The van der Waals surface area contributed by atoms with Crippen molar-refractivity contribution < 1.29 is 17.2 Å². The number of sulfonamides is 1. The van der Waals surface area contributed by atoms with E-state index in [-0.39, 0.29) is 5.69 Å². The number of halogens is 2. The van der Waals surface area contributed by atoms with E-state index in [4.69, 9.17) is 0 Å². The minimum atomic E-state index is -4.22. The number of hydrogen-bond donors (Lipinski definition) is 1. The minimum Gasteiger partial charge on any atom is -0.279 e. The van der Waals surface area contributed by atoms with E-state index in [0.717, 1.165) is 12.1 Å². The van der Waals surface area contributed by atoms with E-state index < -0.39 is 26.6 Å². The van der Waals surface area contributed by atoms with Crippen molar-refractivity contribution in [1.29, 1.82) is 0 Å². The SMILES string of the molecule is CSc1nnnn1-c1cccc(NS(=O)(=O)c2ccc(F)cc2F)c1. The van der Waals surface area contributed by atoms with Gasteiger partial charge in [-0.1, -0.05) is 17.8 Å². The van der Waals surface area contributed by atoms with E-state index >= 15 is 0 Å². The second-order valence-electron chi connectivity index (χ2n) is 4.81. The Morgan fingerprint density at radius 3 is 2.68 bits per heavy atom. The molecule has 2 aromatic carbocycles. The van der Waals surface area contributed by atoms with Crippen LogP contribution >= 0.6 is 11.8 Å². The van der Waals surface area contributed by atoms with Crippen molar-refractivity contribution in [3.8, 4) is 5.69 Å². The largest absolute Gasteiger partial charge is 0.279 e. The van der Waals surface area contributed by atoms with Crippen molar-refractivity contribution in [1.82, 2.24) is 20.2 Å². The molecule has 0 bridgehead atoms. The third-order valence-corrected chi connectivity index (χ3v) is 5.18. The maximum Gasteiger partial charge on any atom is 0.264 e. The van der Waals surface area contributed by atoms with Crippen molar-refractivity contribution >= 4 is 27.5 Å². The minimum absolute atomic E-state index is 0.184. The van der Waals surface area contributed by atoms with E-state index in [1.165, 1.54) is 28.6 Å². The Hall–Kier alpha value is -2.53. The van der Waals surface area contributed by atoms with Gasteiger partial charge >= 0.3 is 0 Å². The molecule has 0 radical (unpaired) electrons. The topological polar surface area (TPSA) is 89.8 Å². The molecule has 0 aliphatic heterocycles. The van der Waals surface area contributed by atoms with Crippen LogP contribution in [0.4, 0.5) is 14.5 Å². The Labute approximate surface area is 146 Å². The quantitative estimate of drug-likeness (QED) is 0.681. The van der Waals surface area contributed by atoms with Crippen molar-refractivity contribution in [2.24, 2.45) is 0 Å². The summed E-state index contributed by atoms with van der Waals surface area (Å²) in [6, 6.07) is 8.52. The van der Waals surface area contributed by atoms with E-state index in [2.05, 4.69) is 20.2 Å². The predicted molar refractivity (Wildman–Crippen MR) is 88.1 cm³/mol. The van der Waals surface area contributed by atoms with E-state index in [9.17, 15) is 17.2 Å². The van der Waals surface area contributed by atoms with Crippen LogP contribution in [0.2, 0.25) is 0 Å². The summed E-state index contributed by atoms with van der Waals surface area (Å²) >= 11 is 1.32. The van der Waals surface area contributed by atoms with Crippen molar-refractivity contribution in [3.05, 3.63) is 54.1 Å². The van der Waals surface area contributed by atoms with Gasteiger partial charge in [-0.15, -0.1) is 5.10 Å². The molecule has 0 saturated heterocycles. The molecule has 25 heavy (non-hydrogen) atoms. The van der Waals surface area contributed by atoms with Gasteiger partial charge in [0, 0.05) is 6.07 Å². The number of nitrogens with one attached hydrogen (secondary N) is 1. The van der Waals surface area contributed by atoms with Gasteiger partial charge in [0.05, 0.1) is 11.4 Å². The molecule has 7 nitrogen and oxygen atoms in total. The van der Waals surface area contributed by atoms with Crippen LogP contribution in [0, 0.1) is 11.6 Å². The molecule has 0 atom stereocenters. The van der Waals surface area contributed by atoms with Gasteiger partial charge in [0.2, 0.25) is 5.16 Å². The molecule has 0 fully saturated rings. The van der Waals surface area contributed by atoms with Gasteiger partial charge < -0.3 is 0 Å². The summed E-state index contributed by atoms with van der Waals surface area (Å²) in [5.74, 6) is -2.03. The highest BCUT2D eigenvalue weighted by Gasteiger charge is 2.20. The molecule has 1 aromatic heterocycles. The molecule has 3 rings (SSSR count). The molecule has 0 aliphatic carbocycles. The first-order chi connectivity index (χ1) is 11.9. The fourth-order valence-corrected chi connectivity index (χ4v) is 3.62. The molecule has 0 aliphatic rings. The summed E-state index contributed by atoms with van der Waals surface area (Å²) in [7, 11) is -4.22. The second-order valence-corrected chi connectivity index (χ2v) is 7.23. The molecule has 1 N–H and O–H groups in total. The van der Waals surface area contributed by atoms with Gasteiger partial charge in [0.25, 0.3) is 10.0 Å². The Balaban J connectivity index is 1.94. The standard InChI is InChI=1S/C14H11F2N5O2S2/c1-24-14-17-19-20-21(14)11-4-2-3-10(8-11)18-25(22,23)13-6-5-9(15)7-12(13)16/h2-8,18H,1H3. The molecule has 130 valence electrons.